The number of nitrogens with zero attached hydrogens (tertiary/aromatic N) is 3. The summed E-state index contributed by atoms with van der Waals surface area (Å²) < 4.78 is 13.0. The third-order valence-electron chi connectivity index (χ3n) is 2.52. The topological polar surface area (TPSA) is 101 Å². The van der Waals surface area contributed by atoms with E-state index in [0.717, 1.165) is 5.56 Å². The van der Waals surface area contributed by atoms with E-state index in [-0.39, 0.29) is 11.8 Å². The molecule has 5 N–H and O–H groups in total. The van der Waals surface area contributed by atoms with Gasteiger partial charge in [-0.05, 0) is 35.4 Å². The van der Waals surface area contributed by atoms with Crippen LogP contribution in [0.15, 0.2) is 63.8 Å². The van der Waals surface area contributed by atoms with E-state index in [2.05, 4.69) is 20.7 Å². The lowest BCUT2D eigenvalue weighted by atomic mass is 10.2. The number of halogens is 1. The Hall–Kier alpha value is -3.22. The molecule has 0 bridgehead atoms. The quantitative estimate of drug-likeness (QED) is 0.346. The van der Waals surface area contributed by atoms with Crippen molar-refractivity contribution in [3.63, 3.8) is 0 Å². The van der Waals surface area contributed by atoms with Gasteiger partial charge >= 0.3 is 0 Å². The monoisotopic (exact) mass is 298 g/mol. The zero-order valence-electron chi connectivity index (χ0n) is 11.6. The fourth-order valence-corrected chi connectivity index (χ4v) is 1.58. The minimum absolute atomic E-state index is 0.00723. The number of anilines is 1. The molecule has 112 valence electrons. The number of hydrazone groups is 1. The summed E-state index contributed by atoms with van der Waals surface area (Å²) in [4.78, 5) is 0. The van der Waals surface area contributed by atoms with Crippen molar-refractivity contribution < 1.29 is 4.39 Å². The third kappa shape index (κ3) is 5.04. The summed E-state index contributed by atoms with van der Waals surface area (Å²) in [5.74, 6) is -0.329. The molecule has 2 aromatic carbocycles. The number of benzene rings is 2. The Bertz CT molecular complexity index is 723. The SMILES string of the molecule is NC(=N/N=C/c1cccc(N)c1)N/N=C/c1cccc(F)c1. The average Bonchev–Trinajstić information content (AvgIpc) is 2.47. The van der Waals surface area contributed by atoms with Gasteiger partial charge in [0, 0.05) is 5.69 Å². The molecule has 22 heavy (non-hydrogen) atoms. The summed E-state index contributed by atoms with van der Waals surface area (Å²) in [7, 11) is 0. The Kier molecular flexibility index (Phi) is 5.20. The van der Waals surface area contributed by atoms with Crippen molar-refractivity contribution in [2.24, 2.45) is 21.0 Å². The van der Waals surface area contributed by atoms with Gasteiger partial charge in [0.25, 0.3) is 0 Å². The summed E-state index contributed by atoms with van der Waals surface area (Å²) in [6, 6.07) is 13.2. The summed E-state index contributed by atoms with van der Waals surface area (Å²) >= 11 is 0. The van der Waals surface area contributed by atoms with Gasteiger partial charge in [-0.3, -0.25) is 0 Å². The predicted molar refractivity (Wildman–Crippen MR) is 87.2 cm³/mol. The van der Waals surface area contributed by atoms with Crippen molar-refractivity contribution in [2.45, 2.75) is 0 Å². The van der Waals surface area contributed by atoms with Gasteiger partial charge in [0.05, 0.1) is 12.4 Å². The minimum atomic E-state index is -0.336. The molecular weight excluding hydrogens is 283 g/mol. The largest absolute Gasteiger partial charge is 0.399 e. The first-order chi connectivity index (χ1) is 10.6. The highest BCUT2D eigenvalue weighted by atomic mass is 19.1. The number of nitrogen functional groups attached to an aromatic ring is 1. The Morgan fingerprint density at radius 1 is 1.05 bits per heavy atom. The third-order valence-corrected chi connectivity index (χ3v) is 2.52. The Balaban J connectivity index is 1.90. The van der Waals surface area contributed by atoms with Crippen LogP contribution < -0.4 is 16.9 Å². The van der Waals surface area contributed by atoms with Gasteiger partial charge in [0.2, 0.25) is 5.96 Å². The normalized spacial score (nSPS) is 12.1. The molecule has 2 rings (SSSR count). The number of hydrogen-bond donors (Lipinski definition) is 3. The van der Waals surface area contributed by atoms with Crippen LogP contribution in [0.1, 0.15) is 11.1 Å². The van der Waals surface area contributed by atoms with Crippen LogP contribution in [0, 0.1) is 5.82 Å². The predicted octanol–water partition coefficient (Wildman–Crippen LogP) is 1.68. The summed E-state index contributed by atoms with van der Waals surface area (Å²) in [6.07, 6.45) is 2.94. The molecule has 0 spiro atoms. The number of guanidine groups is 1. The highest BCUT2D eigenvalue weighted by Crippen LogP contribution is 2.03. The second-order valence-electron chi connectivity index (χ2n) is 4.32. The van der Waals surface area contributed by atoms with E-state index < -0.39 is 0 Å². The van der Waals surface area contributed by atoms with Gasteiger partial charge in [-0.1, -0.05) is 24.3 Å². The smallest absolute Gasteiger partial charge is 0.234 e. The van der Waals surface area contributed by atoms with E-state index in [1.165, 1.54) is 24.6 Å². The highest BCUT2D eigenvalue weighted by molar-refractivity contribution is 5.84. The summed E-state index contributed by atoms with van der Waals surface area (Å²) in [5.41, 5.74) is 15.7. The van der Waals surface area contributed by atoms with Gasteiger partial charge in [-0.25, -0.2) is 9.82 Å². The second-order valence-corrected chi connectivity index (χ2v) is 4.32. The Morgan fingerprint density at radius 2 is 1.77 bits per heavy atom. The summed E-state index contributed by atoms with van der Waals surface area (Å²) in [6.45, 7) is 0. The molecule has 6 nitrogen and oxygen atoms in total. The van der Waals surface area contributed by atoms with E-state index in [0.29, 0.717) is 11.3 Å². The van der Waals surface area contributed by atoms with Crippen molar-refractivity contribution in [3.8, 4) is 0 Å². The first-order valence-electron chi connectivity index (χ1n) is 6.40. The van der Waals surface area contributed by atoms with Crippen LogP contribution in [0.2, 0.25) is 0 Å². The number of nitrogens with one attached hydrogen (secondary N) is 1. The van der Waals surface area contributed by atoms with Crippen LogP contribution in [-0.4, -0.2) is 18.4 Å². The fourth-order valence-electron chi connectivity index (χ4n) is 1.58. The summed E-state index contributed by atoms with van der Waals surface area (Å²) in [5, 5.41) is 11.4. The lowest BCUT2D eigenvalue weighted by molar-refractivity contribution is 0.627. The first-order valence-corrected chi connectivity index (χ1v) is 6.40. The number of rotatable bonds is 4. The molecule has 0 atom stereocenters. The Labute approximate surface area is 127 Å². The van der Waals surface area contributed by atoms with Crippen LogP contribution >= 0.6 is 0 Å². The van der Waals surface area contributed by atoms with E-state index in [4.69, 9.17) is 11.5 Å². The van der Waals surface area contributed by atoms with Crippen LogP contribution in [0.5, 0.6) is 0 Å². The highest BCUT2D eigenvalue weighted by Gasteiger charge is 1.92. The van der Waals surface area contributed by atoms with Gasteiger partial charge in [0.1, 0.15) is 5.82 Å². The molecule has 0 unspecified atom stereocenters. The molecule has 0 aliphatic carbocycles. The van der Waals surface area contributed by atoms with Crippen molar-refractivity contribution in [1.29, 1.82) is 0 Å². The number of hydrogen-bond acceptors (Lipinski definition) is 4. The van der Waals surface area contributed by atoms with Gasteiger partial charge in [-0.2, -0.15) is 10.2 Å². The Morgan fingerprint density at radius 3 is 2.50 bits per heavy atom. The van der Waals surface area contributed by atoms with Crippen LogP contribution in [0.3, 0.4) is 0 Å². The molecule has 2 aromatic rings. The molecule has 0 radical (unpaired) electrons. The maximum atomic E-state index is 13.0. The van der Waals surface area contributed by atoms with E-state index in [1.54, 1.807) is 24.3 Å². The molecular formula is C15H15FN6. The molecule has 0 fully saturated rings. The van der Waals surface area contributed by atoms with Gasteiger partial charge in [0.15, 0.2) is 0 Å². The zero-order chi connectivity index (χ0) is 15.8. The lowest BCUT2D eigenvalue weighted by Gasteiger charge is -1.97. The maximum Gasteiger partial charge on any atom is 0.234 e. The fraction of sp³-hybridized carbons (Fsp3) is 0. The van der Waals surface area contributed by atoms with E-state index >= 15 is 0 Å². The standard InChI is InChI=1S/C15H15FN6/c16-13-5-1-3-11(7-13)9-19-21-15(18)22-20-10-12-4-2-6-14(17)8-12/h1-10H,17H2,(H3,18,21,22)/b19-9+,20-10+. The van der Waals surface area contributed by atoms with Crippen molar-refractivity contribution in [1.82, 2.24) is 5.43 Å². The van der Waals surface area contributed by atoms with Crippen LogP contribution in [-0.2, 0) is 0 Å². The van der Waals surface area contributed by atoms with Crippen molar-refractivity contribution >= 4 is 24.1 Å². The van der Waals surface area contributed by atoms with Crippen molar-refractivity contribution in [3.05, 3.63) is 65.5 Å². The van der Waals surface area contributed by atoms with E-state index in [9.17, 15) is 4.39 Å². The lowest BCUT2D eigenvalue weighted by Crippen LogP contribution is -2.26. The zero-order valence-corrected chi connectivity index (χ0v) is 11.6. The molecule has 0 aliphatic rings. The van der Waals surface area contributed by atoms with Gasteiger partial charge in [-0.15, -0.1) is 5.10 Å². The minimum Gasteiger partial charge on any atom is -0.399 e. The van der Waals surface area contributed by atoms with Crippen LogP contribution in [0.25, 0.3) is 0 Å². The van der Waals surface area contributed by atoms with Gasteiger partial charge < -0.3 is 11.5 Å². The van der Waals surface area contributed by atoms with Crippen LogP contribution in [0.4, 0.5) is 10.1 Å². The maximum absolute atomic E-state index is 13.0. The molecule has 0 amide bonds. The molecule has 0 heterocycles. The number of nitrogens with two attached hydrogens (primary N) is 2. The second kappa shape index (κ2) is 7.53. The first kappa shape index (κ1) is 15.2. The average molecular weight is 298 g/mol. The molecule has 0 aliphatic heterocycles. The molecule has 0 saturated heterocycles. The molecule has 0 aromatic heterocycles. The molecule has 7 heteroatoms. The van der Waals surface area contributed by atoms with Crippen molar-refractivity contribution in [2.75, 3.05) is 5.73 Å². The molecule has 0 saturated carbocycles. The van der Waals surface area contributed by atoms with E-state index in [1.807, 2.05) is 12.1 Å².